The zero-order valence-corrected chi connectivity index (χ0v) is 10.3. The van der Waals surface area contributed by atoms with Gasteiger partial charge in [0.1, 0.15) is 0 Å². The summed E-state index contributed by atoms with van der Waals surface area (Å²) < 4.78 is 0. The molecule has 3 nitrogen and oxygen atoms in total. The zero-order valence-electron chi connectivity index (χ0n) is 10.3. The molecule has 0 aliphatic heterocycles. The third-order valence-electron chi connectivity index (χ3n) is 1.52. The Bertz CT molecular complexity index is 320. The lowest BCUT2D eigenvalue weighted by atomic mass is 10.2. The van der Waals surface area contributed by atoms with E-state index in [-0.39, 0.29) is 0 Å². The highest BCUT2D eigenvalue weighted by atomic mass is 16.3. The summed E-state index contributed by atoms with van der Waals surface area (Å²) >= 11 is 0. The topological polar surface area (TPSA) is 57.5 Å². The third-order valence-corrected chi connectivity index (χ3v) is 1.52. The molecular weight excluding hydrogens is 204 g/mol. The summed E-state index contributed by atoms with van der Waals surface area (Å²) in [4.78, 5) is 10.7. The summed E-state index contributed by atoms with van der Waals surface area (Å²) in [6.45, 7) is 10.2. The predicted molar refractivity (Wildman–Crippen MR) is 67.4 cm³/mol. The van der Waals surface area contributed by atoms with E-state index in [0.29, 0.717) is 5.57 Å². The van der Waals surface area contributed by atoms with Crippen LogP contribution in [0.15, 0.2) is 48.0 Å². The highest BCUT2D eigenvalue weighted by Gasteiger charge is 2.09. The minimum Gasteiger partial charge on any atom is -0.504 e. The van der Waals surface area contributed by atoms with Crippen LogP contribution in [0.4, 0.5) is 0 Å². The number of carbonyl (C=O) groups is 1. The van der Waals surface area contributed by atoms with Gasteiger partial charge in [-0.1, -0.05) is 44.7 Å². The third kappa shape index (κ3) is 6.65. The Morgan fingerprint density at radius 3 is 1.94 bits per heavy atom. The molecule has 0 bridgehead atoms. The largest absolute Gasteiger partial charge is 0.504 e. The average molecular weight is 224 g/mol. The van der Waals surface area contributed by atoms with E-state index in [1.54, 1.807) is 31.2 Å². The summed E-state index contributed by atoms with van der Waals surface area (Å²) in [5, 5.41) is 18.5. The van der Waals surface area contributed by atoms with Gasteiger partial charge in [0.05, 0.1) is 0 Å². The highest BCUT2D eigenvalue weighted by molar-refractivity contribution is 5.91. The van der Waals surface area contributed by atoms with Crippen LogP contribution in [0.5, 0.6) is 0 Å². The Morgan fingerprint density at radius 2 is 1.56 bits per heavy atom. The minimum atomic E-state index is -0.620. The number of allylic oxidation sites excluding steroid dienone is 6. The Kier molecular flexibility index (Phi) is 10.2. The van der Waals surface area contributed by atoms with Crippen molar-refractivity contribution in [2.75, 3.05) is 0 Å². The van der Waals surface area contributed by atoms with Crippen molar-refractivity contribution >= 4 is 5.78 Å². The van der Waals surface area contributed by atoms with Gasteiger partial charge in [-0.3, -0.25) is 4.79 Å². The monoisotopic (exact) mass is 224 g/mol. The van der Waals surface area contributed by atoms with E-state index in [9.17, 15) is 9.90 Å². The molecule has 2 N–H and O–H groups in total. The molecule has 0 aromatic heterocycles. The summed E-state index contributed by atoms with van der Waals surface area (Å²) in [6.07, 6.45) is 6.46. The van der Waals surface area contributed by atoms with Crippen molar-refractivity contribution in [2.45, 2.75) is 27.7 Å². The van der Waals surface area contributed by atoms with Gasteiger partial charge < -0.3 is 10.2 Å². The van der Waals surface area contributed by atoms with Gasteiger partial charge in [0.25, 0.3) is 0 Å². The van der Waals surface area contributed by atoms with E-state index in [0.717, 1.165) is 0 Å². The molecule has 0 saturated heterocycles. The van der Waals surface area contributed by atoms with Gasteiger partial charge in [0.15, 0.2) is 11.5 Å². The first-order valence-electron chi connectivity index (χ1n) is 5.10. The number of aliphatic hydroxyl groups excluding tert-OH is 2. The molecule has 3 heteroatoms. The van der Waals surface area contributed by atoms with Crippen LogP contribution in [-0.4, -0.2) is 16.0 Å². The maximum Gasteiger partial charge on any atom is 0.201 e. The molecule has 0 radical (unpaired) electrons. The van der Waals surface area contributed by atoms with Gasteiger partial charge in [0, 0.05) is 6.92 Å². The van der Waals surface area contributed by atoms with Gasteiger partial charge in [-0.15, -0.1) is 0 Å². The molecule has 0 saturated carbocycles. The molecule has 0 aliphatic rings. The smallest absolute Gasteiger partial charge is 0.201 e. The van der Waals surface area contributed by atoms with Crippen LogP contribution in [-0.2, 0) is 4.79 Å². The fourth-order valence-electron chi connectivity index (χ4n) is 0.711. The molecular formula is C13H20O3. The number of carbonyl (C=O) groups excluding carboxylic acids is 1. The summed E-state index contributed by atoms with van der Waals surface area (Å²) in [6, 6.07) is 0. The molecule has 0 heterocycles. The van der Waals surface area contributed by atoms with Gasteiger partial charge in [-0.2, -0.15) is 0 Å². The van der Waals surface area contributed by atoms with Crippen LogP contribution in [0.2, 0.25) is 0 Å². The maximum absolute atomic E-state index is 10.7. The molecule has 16 heavy (non-hydrogen) atoms. The van der Waals surface area contributed by atoms with Crippen molar-refractivity contribution in [3.05, 3.63) is 48.0 Å². The Hall–Kier alpha value is -1.77. The average Bonchev–Trinajstić information content (AvgIpc) is 2.29. The van der Waals surface area contributed by atoms with Gasteiger partial charge in [-0.05, 0) is 12.5 Å². The molecule has 0 rings (SSSR count). The van der Waals surface area contributed by atoms with Crippen molar-refractivity contribution in [3.63, 3.8) is 0 Å². The normalized spacial score (nSPS) is 12.6. The fraction of sp³-hybridized carbons (Fsp3) is 0.308. The van der Waals surface area contributed by atoms with Crippen LogP contribution in [0.25, 0.3) is 0 Å². The van der Waals surface area contributed by atoms with Crippen LogP contribution < -0.4 is 0 Å². The Balaban J connectivity index is 0. The van der Waals surface area contributed by atoms with Crippen molar-refractivity contribution in [1.82, 2.24) is 0 Å². The first-order chi connectivity index (χ1) is 7.50. The molecule has 0 amide bonds. The predicted octanol–water partition coefficient (Wildman–Crippen LogP) is 3.62. The second kappa shape index (κ2) is 9.77. The second-order valence-corrected chi connectivity index (χ2v) is 2.72. The molecule has 0 unspecified atom stereocenters. The lowest BCUT2D eigenvalue weighted by molar-refractivity contribution is -0.116. The van der Waals surface area contributed by atoms with Gasteiger partial charge in [0.2, 0.25) is 5.76 Å². The Labute approximate surface area is 97.1 Å². The lowest BCUT2D eigenvalue weighted by Gasteiger charge is -2.00. The second-order valence-electron chi connectivity index (χ2n) is 2.72. The number of ketones is 1. The number of aliphatic hydroxyl groups is 2. The summed E-state index contributed by atoms with van der Waals surface area (Å²) in [5.41, 5.74) is 0.413. The van der Waals surface area contributed by atoms with E-state index in [1.165, 1.54) is 6.92 Å². The van der Waals surface area contributed by atoms with E-state index in [4.69, 9.17) is 5.11 Å². The molecule has 90 valence electrons. The molecule has 0 fully saturated rings. The van der Waals surface area contributed by atoms with E-state index >= 15 is 0 Å². The highest BCUT2D eigenvalue weighted by Crippen LogP contribution is 2.10. The first kappa shape index (κ1) is 16.7. The number of hydrogen-bond donors (Lipinski definition) is 2. The lowest BCUT2D eigenvalue weighted by Crippen LogP contribution is -2.01. The Morgan fingerprint density at radius 1 is 1.06 bits per heavy atom. The summed E-state index contributed by atoms with van der Waals surface area (Å²) in [7, 11) is 0. The van der Waals surface area contributed by atoms with Crippen LogP contribution >= 0.6 is 0 Å². The molecule has 0 spiro atoms. The number of rotatable bonds is 4. The van der Waals surface area contributed by atoms with Crippen molar-refractivity contribution in [3.8, 4) is 0 Å². The standard InChI is InChI=1S/C11H14O3.C2H6/c1-4-5-6-7-8(2)10(13)11(14)9(3)12;1-2/h4-7,13-14H,1H2,2-3H3;1-2H3/b6-5-,8-7+,11-10+;. The SMILES string of the molecule is C=C\C=C/C=C(C)/C(O)=C(\O)C(C)=O.CC. The summed E-state index contributed by atoms with van der Waals surface area (Å²) in [5.74, 6) is -1.58. The zero-order chi connectivity index (χ0) is 13.1. The van der Waals surface area contributed by atoms with Crippen molar-refractivity contribution < 1.29 is 15.0 Å². The van der Waals surface area contributed by atoms with E-state index < -0.39 is 17.3 Å². The molecule has 0 aromatic rings. The van der Waals surface area contributed by atoms with Crippen molar-refractivity contribution in [2.24, 2.45) is 0 Å². The minimum absolute atomic E-state index is 0.397. The van der Waals surface area contributed by atoms with Gasteiger partial charge in [-0.25, -0.2) is 0 Å². The number of hydrogen-bond acceptors (Lipinski definition) is 3. The molecule has 0 aliphatic carbocycles. The first-order valence-corrected chi connectivity index (χ1v) is 5.10. The maximum atomic E-state index is 10.7. The fourth-order valence-corrected chi connectivity index (χ4v) is 0.711. The van der Waals surface area contributed by atoms with Crippen LogP contribution in [0.1, 0.15) is 27.7 Å². The van der Waals surface area contributed by atoms with E-state index in [2.05, 4.69) is 6.58 Å². The van der Waals surface area contributed by atoms with Gasteiger partial charge >= 0.3 is 0 Å². The molecule has 0 aromatic carbocycles. The molecule has 0 atom stereocenters. The van der Waals surface area contributed by atoms with E-state index in [1.807, 2.05) is 13.8 Å². The van der Waals surface area contributed by atoms with Crippen LogP contribution in [0, 0.1) is 0 Å². The quantitative estimate of drug-likeness (QED) is 0.435. The van der Waals surface area contributed by atoms with Crippen molar-refractivity contribution in [1.29, 1.82) is 0 Å². The van der Waals surface area contributed by atoms with Crippen LogP contribution in [0.3, 0.4) is 0 Å². The number of Topliss-reactive ketones (excluding diaryl/α,β-unsaturated/α-hetero) is 1.